The van der Waals surface area contributed by atoms with E-state index in [0.717, 1.165) is 28.8 Å². The standard InChI is InChI=1S/C28H30N6O4/c1-36-12-13-38-21-11-10-20(15-21)34-28-23(26(29)31-16-32-28)24(33-34)18-8-6-17(7-9-18)14-19-4-3-5-22(27(30)35)25(19)37-2/h3-11,16,20-21H,12-15H2,1-2H3,(H2,30,35)(H2,29,31,32)/t20-,21-/m0/s1. The summed E-state index contributed by atoms with van der Waals surface area (Å²) in [6, 6.07) is 13.4. The van der Waals surface area contributed by atoms with Crippen LogP contribution >= 0.6 is 0 Å². The molecule has 1 aliphatic carbocycles. The predicted octanol–water partition coefficient (Wildman–Crippen LogP) is 3.31. The zero-order chi connectivity index (χ0) is 26.6. The number of carbonyl (C=O) groups excluding carboxylic acids is 1. The van der Waals surface area contributed by atoms with Crippen LogP contribution in [0.5, 0.6) is 5.75 Å². The minimum absolute atomic E-state index is 0.0126. The van der Waals surface area contributed by atoms with Gasteiger partial charge in [0.25, 0.3) is 5.91 Å². The second kappa shape index (κ2) is 11.0. The van der Waals surface area contributed by atoms with Crippen LogP contribution in [0.25, 0.3) is 22.3 Å². The molecule has 10 nitrogen and oxygen atoms in total. The number of carbonyl (C=O) groups is 1. The lowest BCUT2D eigenvalue weighted by Gasteiger charge is -2.14. The molecule has 10 heteroatoms. The molecule has 0 radical (unpaired) electrons. The lowest BCUT2D eigenvalue weighted by molar-refractivity contribution is 0.0363. The Kier molecular flexibility index (Phi) is 7.34. The largest absolute Gasteiger partial charge is 0.496 e. The number of amides is 1. The number of fused-ring (bicyclic) bond motifs is 1. The van der Waals surface area contributed by atoms with E-state index in [0.29, 0.717) is 47.8 Å². The van der Waals surface area contributed by atoms with Crippen molar-refractivity contribution in [3.05, 3.63) is 77.6 Å². The lowest BCUT2D eigenvalue weighted by Crippen LogP contribution is -2.15. The van der Waals surface area contributed by atoms with Crippen molar-refractivity contribution in [3.63, 3.8) is 0 Å². The first-order valence-electron chi connectivity index (χ1n) is 12.3. The molecule has 196 valence electrons. The first-order valence-corrected chi connectivity index (χ1v) is 12.3. The molecule has 5 rings (SSSR count). The molecule has 0 spiro atoms. The Bertz CT molecular complexity index is 1480. The average molecular weight is 515 g/mol. The van der Waals surface area contributed by atoms with E-state index in [2.05, 4.69) is 16.0 Å². The number of hydrogen-bond acceptors (Lipinski definition) is 8. The summed E-state index contributed by atoms with van der Waals surface area (Å²) in [6.07, 6.45) is 6.90. The summed E-state index contributed by atoms with van der Waals surface area (Å²) >= 11 is 0. The van der Waals surface area contributed by atoms with Crippen molar-refractivity contribution in [1.29, 1.82) is 0 Å². The summed E-state index contributed by atoms with van der Waals surface area (Å²) < 4.78 is 18.3. The van der Waals surface area contributed by atoms with Crippen LogP contribution in [0.1, 0.15) is 33.9 Å². The predicted molar refractivity (Wildman–Crippen MR) is 144 cm³/mol. The van der Waals surface area contributed by atoms with Crippen LogP contribution in [0, 0.1) is 0 Å². The normalized spacial score (nSPS) is 16.8. The van der Waals surface area contributed by atoms with Gasteiger partial charge >= 0.3 is 0 Å². The minimum Gasteiger partial charge on any atom is -0.496 e. The van der Waals surface area contributed by atoms with E-state index in [1.165, 1.54) is 13.4 Å². The van der Waals surface area contributed by atoms with Gasteiger partial charge in [0.2, 0.25) is 0 Å². The highest BCUT2D eigenvalue weighted by Crippen LogP contribution is 2.35. The van der Waals surface area contributed by atoms with Crippen molar-refractivity contribution >= 4 is 22.8 Å². The topological polar surface area (TPSA) is 140 Å². The number of para-hydroxylation sites is 1. The molecule has 4 N–H and O–H groups in total. The number of primary amides is 1. The van der Waals surface area contributed by atoms with Gasteiger partial charge in [-0.3, -0.25) is 4.79 Å². The average Bonchev–Trinajstić information content (AvgIpc) is 3.55. The van der Waals surface area contributed by atoms with Crippen molar-refractivity contribution in [1.82, 2.24) is 19.7 Å². The Morgan fingerprint density at radius 2 is 1.89 bits per heavy atom. The molecule has 1 amide bonds. The number of nitrogen functional groups attached to an aromatic ring is 1. The van der Waals surface area contributed by atoms with Crippen molar-refractivity contribution in [2.75, 3.05) is 33.2 Å². The number of aromatic nitrogens is 4. The zero-order valence-electron chi connectivity index (χ0n) is 21.3. The fourth-order valence-electron chi connectivity index (χ4n) is 4.82. The SMILES string of the molecule is COCCO[C@H]1C=C[C@H](n2nc(-c3ccc(Cc4cccc(C(N)=O)c4OC)cc3)c3c(N)ncnc32)C1. The molecular weight excluding hydrogens is 484 g/mol. The highest BCUT2D eigenvalue weighted by Gasteiger charge is 2.26. The van der Waals surface area contributed by atoms with E-state index >= 15 is 0 Å². The molecular formula is C28H30N6O4. The monoisotopic (exact) mass is 514 g/mol. The summed E-state index contributed by atoms with van der Waals surface area (Å²) in [4.78, 5) is 20.5. The summed E-state index contributed by atoms with van der Waals surface area (Å²) in [5, 5.41) is 5.65. The molecule has 0 unspecified atom stereocenters. The van der Waals surface area contributed by atoms with Crippen molar-refractivity contribution < 1.29 is 19.0 Å². The number of benzene rings is 2. The van der Waals surface area contributed by atoms with E-state index < -0.39 is 5.91 Å². The molecule has 0 fully saturated rings. The second-order valence-electron chi connectivity index (χ2n) is 9.08. The van der Waals surface area contributed by atoms with E-state index in [9.17, 15) is 4.79 Å². The van der Waals surface area contributed by atoms with Gasteiger partial charge in [0, 0.05) is 25.5 Å². The number of ether oxygens (including phenoxy) is 3. The minimum atomic E-state index is -0.522. The Balaban J connectivity index is 1.43. The Morgan fingerprint density at radius 3 is 2.63 bits per heavy atom. The maximum Gasteiger partial charge on any atom is 0.252 e. The molecule has 2 heterocycles. The van der Waals surface area contributed by atoms with Crippen LogP contribution < -0.4 is 16.2 Å². The third kappa shape index (κ3) is 4.96. The Morgan fingerprint density at radius 1 is 1.08 bits per heavy atom. The third-order valence-corrected chi connectivity index (χ3v) is 6.66. The van der Waals surface area contributed by atoms with Crippen LogP contribution in [0.3, 0.4) is 0 Å². The van der Waals surface area contributed by atoms with Gasteiger partial charge in [0.05, 0.1) is 43.4 Å². The number of anilines is 1. The Labute approximate surface area is 220 Å². The second-order valence-corrected chi connectivity index (χ2v) is 9.08. The number of methoxy groups -OCH3 is 2. The summed E-state index contributed by atoms with van der Waals surface area (Å²) in [5.41, 5.74) is 16.4. The summed E-state index contributed by atoms with van der Waals surface area (Å²) in [7, 11) is 3.19. The highest BCUT2D eigenvalue weighted by molar-refractivity contribution is 5.98. The van der Waals surface area contributed by atoms with Gasteiger partial charge in [-0.2, -0.15) is 5.10 Å². The van der Waals surface area contributed by atoms with Gasteiger partial charge < -0.3 is 25.7 Å². The number of allylic oxidation sites excluding steroid dienone is 1. The van der Waals surface area contributed by atoms with E-state index in [-0.39, 0.29) is 12.1 Å². The van der Waals surface area contributed by atoms with E-state index in [1.54, 1.807) is 19.2 Å². The first kappa shape index (κ1) is 25.4. The van der Waals surface area contributed by atoms with Gasteiger partial charge in [0.15, 0.2) is 5.65 Å². The molecule has 4 aromatic rings. The van der Waals surface area contributed by atoms with Crippen LogP contribution in [0.15, 0.2) is 60.9 Å². The molecule has 1 aliphatic rings. The van der Waals surface area contributed by atoms with Gasteiger partial charge in [-0.1, -0.05) is 48.6 Å². The maximum absolute atomic E-state index is 11.8. The summed E-state index contributed by atoms with van der Waals surface area (Å²) in [6.45, 7) is 1.08. The van der Waals surface area contributed by atoms with Gasteiger partial charge in [0.1, 0.15) is 23.6 Å². The molecule has 0 saturated carbocycles. The molecule has 0 saturated heterocycles. The number of nitrogens with two attached hydrogens (primary N) is 2. The lowest BCUT2D eigenvalue weighted by atomic mass is 9.99. The number of rotatable bonds is 10. The van der Waals surface area contributed by atoms with Crippen LogP contribution in [0.4, 0.5) is 5.82 Å². The van der Waals surface area contributed by atoms with E-state index in [1.807, 2.05) is 41.1 Å². The highest BCUT2D eigenvalue weighted by atomic mass is 16.5. The zero-order valence-corrected chi connectivity index (χ0v) is 21.3. The molecule has 2 aromatic heterocycles. The number of hydrogen-bond donors (Lipinski definition) is 2. The van der Waals surface area contributed by atoms with Gasteiger partial charge in [-0.25, -0.2) is 14.6 Å². The van der Waals surface area contributed by atoms with Crippen LogP contribution in [0.2, 0.25) is 0 Å². The van der Waals surface area contributed by atoms with Crippen molar-refractivity contribution in [2.24, 2.45) is 5.73 Å². The van der Waals surface area contributed by atoms with Gasteiger partial charge in [-0.05, 0) is 17.2 Å². The van der Waals surface area contributed by atoms with Crippen molar-refractivity contribution in [2.45, 2.75) is 25.0 Å². The molecule has 2 aromatic carbocycles. The molecule has 2 atom stereocenters. The van der Waals surface area contributed by atoms with E-state index in [4.69, 9.17) is 30.8 Å². The smallest absolute Gasteiger partial charge is 0.252 e. The fourth-order valence-corrected chi connectivity index (χ4v) is 4.82. The van der Waals surface area contributed by atoms with Gasteiger partial charge in [-0.15, -0.1) is 0 Å². The Hall–Kier alpha value is -4.28. The first-order chi connectivity index (χ1) is 18.5. The van der Waals surface area contributed by atoms with Crippen molar-refractivity contribution in [3.8, 4) is 17.0 Å². The van der Waals surface area contributed by atoms with Crippen LogP contribution in [-0.2, 0) is 15.9 Å². The molecule has 0 aliphatic heterocycles. The third-order valence-electron chi connectivity index (χ3n) is 6.66. The fraction of sp³-hybridized carbons (Fsp3) is 0.286. The summed E-state index contributed by atoms with van der Waals surface area (Å²) in [5.74, 6) is 0.349. The quantitative estimate of drug-likeness (QED) is 0.243. The molecule has 38 heavy (non-hydrogen) atoms. The molecule has 0 bridgehead atoms. The number of nitrogens with zero attached hydrogens (tertiary/aromatic N) is 4. The van der Waals surface area contributed by atoms with Crippen LogP contribution in [-0.4, -0.2) is 59.2 Å². The maximum atomic E-state index is 11.8.